The van der Waals surface area contributed by atoms with Crippen LogP contribution in [0.3, 0.4) is 0 Å². The minimum atomic E-state index is -0.103. The highest BCUT2D eigenvalue weighted by molar-refractivity contribution is 6.32. The second-order valence-electron chi connectivity index (χ2n) is 4.69. The van der Waals surface area contributed by atoms with E-state index in [1.54, 1.807) is 12.1 Å². The number of hydrogen-bond donors (Lipinski definition) is 1. The van der Waals surface area contributed by atoms with Gasteiger partial charge in [-0.2, -0.15) is 0 Å². The first-order valence-electron chi connectivity index (χ1n) is 6.65. The molecule has 108 valence electrons. The largest absolute Gasteiger partial charge is 0.486 e. The SMILES string of the molecule is O=C(Cc1cc(Cl)c2c(c1)OCCO2)Nc1ccccc1. The number of ether oxygens (including phenoxy) is 2. The molecule has 0 aliphatic carbocycles. The summed E-state index contributed by atoms with van der Waals surface area (Å²) in [6.07, 6.45) is 0.227. The Balaban J connectivity index is 1.73. The molecule has 0 bridgehead atoms. The summed E-state index contributed by atoms with van der Waals surface area (Å²) in [5, 5.41) is 3.30. The zero-order valence-corrected chi connectivity index (χ0v) is 12.0. The van der Waals surface area contributed by atoms with E-state index in [1.807, 2.05) is 30.3 Å². The Morgan fingerprint density at radius 2 is 1.90 bits per heavy atom. The average Bonchev–Trinajstić information content (AvgIpc) is 2.48. The van der Waals surface area contributed by atoms with E-state index in [9.17, 15) is 4.79 Å². The maximum Gasteiger partial charge on any atom is 0.228 e. The number of nitrogens with one attached hydrogen (secondary N) is 1. The predicted octanol–water partition coefficient (Wildman–Crippen LogP) is 3.29. The van der Waals surface area contributed by atoms with Gasteiger partial charge in [0, 0.05) is 5.69 Å². The van der Waals surface area contributed by atoms with E-state index in [0.717, 1.165) is 11.3 Å². The number of anilines is 1. The molecule has 2 aromatic carbocycles. The highest BCUT2D eigenvalue weighted by Crippen LogP contribution is 2.38. The molecule has 0 unspecified atom stereocenters. The number of rotatable bonds is 3. The van der Waals surface area contributed by atoms with Gasteiger partial charge in [-0.25, -0.2) is 0 Å². The third-order valence-electron chi connectivity index (χ3n) is 3.08. The van der Waals surface area contributed by atoms with Crippen LogP contribution in [0, 0.1) is 0 Å². The Kier molecular flexibility index (Phi) is 3.97. The van der Waals surface area contributed by atoms with Crippen molar-refractivity contribution in [2.24, 2.45) is 0 Å². The van der Waals surface area contributed by atoms with Crippen LogP contribution in [0.5, 0.6) is 11.5 Å². The molecular formula is C16H14ClNO3. The second-order valence-corrected chi connectivity index (χ2v) is 5.10. The molecule has 0 saturated heterocycles. The van der Waals surface area contributed by atoms with E-state index >= 15 is 0 Å². The predicted molar refractivity (Wildman–Crippen MR) is 81.2 cm³/mol. The maximum absolute atomic E-state index is 12.0. The van der Waals surface area contributed by atoms with Gasteiger partial charge in [0.05, 0.1) is 11.4 Å². The first-order chi connectivity index (χ1) is 10.2. The monoisotopic (exact) mass is 303 g/mol. The third kappa shape index (κ3) is 3.28. The molecular weight excluding hydrogens is 290 g/mol. The van der Waals surface area contributed by atoms with Crippen LogP contribution in [0.2, 0.25) is 5.02 Å². The lowest BCUT2D eigenvalue weighted by molar-refractivity contribution is -0.115. The average molecular weight is 304 g/mol. The molecule has 2 aromatic rings. The van der Waals surface area contributed by atoms with E-state index in [4.69, 9.17) is 21.1 Å². The molecule has 1 aliphatic rings. The Labute approximate surface area is 127 Å². The van der Waals surface area contributed by atoms with Crippen LogP contribution in [0.15, 0.2) is 42.5 Å². The Bertz CT molecular complexity index is 658. The molecule has 21 heavy (non-hydrogen) atoms. The summed E-state index contributed by atoms with van der Waals surface area (Å²) < 4.78 is 11.0. The van der Waals surface area contributed by atoms with Gasteiger partial charge in [0.2, 0.25) is 5.91 Å². The van der Waals surface area contributed by atoms with Crippen LogP contribution in [0.1, 0.15) is 5.56 Å². The van der Waals surface area contributed by atoms with Gasteiger partial charge in [-0.3, -0.25) is 4.79 Å². The lowest BCUT2D eigenvalue weighted by Gasteiger charge is -2.20. The zero-order valence-electron chi connectivity index (χ0n) is 11.3. The number of amides is 1. The van der Waals surface area contributed by atoms with Crippen molar-refractivity contribution in [2.75, 3.05) is 18.5 Å². The normalized spacial score (nSPS) is 12.8. The molecule has 0 atom stereocenters. The van der Waals surface area contributed by atoms with Crippen LogP contribution in [0.25, 0.3) is 0 Å². The molecule has 3 rings (SSSR count). The number of fused-ring (bicyclic) bond motifs is 1. The van der Waals surface area contributed by atoms with Gasteiger partial charge < -0.3 is 14.8 Å². The van der Waals surface area contributed by atoms with E-state index in [1.165, 1.54) is 0 Å². The number of hydrogen-bond acceptors (Lipinski definition) is 3. The van der Waals surface area contributed by atoms with E-state index in [0.29, 0.717) is 29.7 Å². The van der Waals surface area contributed by atoms with Gasteiger partial charge in [-0.1, -0.05) is 29.8 Å². The molecule has 0 radical (unpaired) electrons. The van der Waals surface area contributed by atoms with Crippen molar-refractivity contribution >= 4 is 23.2 Å². The number of carbonyl (C=O) groups excluding carboxylic acids is 1. The van der Waals surface area contributed by atoms with Crippen LogP contribution < -0.4 is 14.8 Å². The number of para-hydroxylation sites is 1. The van der Waals surface area contributed by atoms with E-state index in [-0.39, 0.29) is 12.3 Å². The van der Waals surface area contributed by atoms with Crippen LogP contribution in [-0.2, 0) is 11.2 Å². The standard InChI is InChI=1S/C16H14ClNO3/c17-13-8-11(9-14-16(13)21-7-6-20-14)10-15(19)18-12-4-2-1-3-5-12/h1-5,8-9H,6-7,10H2,(H,18,19). The van der Waals surface area contributed by atoms with Gasteiger partial charge in [0.25, 0.3) is 0 Å². The number of halogens is 1. The van der Waals surface area contributed by atoms with Gasteiger partial charge in [0.1, 0.15) is 13.2 Å². The Hall–Kier alpha value is -2.20. The molecule has 1 N–H and O–H groups in total. The summed E-state index contributed by atoms with van der Waals surface area (Å²) in [5.74, 6) is 1.04. The topological polar surface area (TPSA) is 47.6 Å². The fraction of sp³-hybridized carbons (Fsp3) is 0.188. The Morgan fingerprint density at radius 3 is 2.71 bits per heavy atom. The number of carbonyl (C=O) groups is 1. The highest BCUT2D eigenvalue weighted by Gasteiger charge is 2.17. The van der Waals surface area contributed by atoms with Crippen molar-refractivity contribution in [3.63, 3.8) is 0 Å². The summed E-state index contributed by atoms with van der Waals surface area (Å²) in [5.41, 5.74) is 1.56. The number of benzene rings is 2. The summed E-state index contributed by atoms with van der Waals surface area (Å²) in [7, 11) is 0. The van der Waals surface area contributed by atoms with Gasteiger partial charge >= 0.3 is 0 Å². The molecule has 0 saturated carbocycles. The first-order valence-corrected chi connectivity index (χ1v) is 7.03. The van der Waals surface area contributed by atoms with E-state index in [2.05, 4.69) is 5.32 Å². The van der Waals surface area contributed by atoms with Gasteiger partial charge in [0.15, 0.2) is 11.5 Å². The molecule has 5 heteroatoms. The van der Waals surface area contributed by atoms with Crippen LogP contribution >= 0.6 is 11.6 Å². The molecule has 0 spiro atoms. The molecule has 1 heterocycles. The summed E-state index contributed by atoms with van der Waals surface area (Å²) in [4.78, 5) is 12.0. The lowest BCUT2D eigenvalue weighted by atomic mass is 10.1. The third-order valence-corrected chi connectivity index (χ3v) is 3.36. The molecule has 0 fully saturated rings. The fourth-order valence-corrected chi connectivity index (χ4v) is 2.47. The summed E-state index contributed by atoms with van der Waals surface area (Å²) in [6.45, 7) is 0.976. The maximum atomic E-state index is 12.0. The van der Waals surface area contributed by atoms with Crippen molar-refractivity contribution in [1.29, 1.82) is 0 Å². The quantitative estimate of drug-likeness (QED) is 0.946. The van der Waals surface area contributed by atoms with Gasteiger partial charge in [-0.05, 0) is 29.8 Å². The smallest absolute Gasteiger partial charge is 0.228 e. The van der Waals surface area contributed by atoms with Crippen molar-refractivity contribution in [3.8, 4) is 11.5 Å². The van der Waals surface area contributed by atoms with Crippen LogP contribution in [0.4, 0.5) is 5.69 Å². The molecule has 1 amide bonds. The highest BCUT2D eigenvalue weighted by atomic mass is 35.5. The molecule has 0 aromatic heterocycles. The molecule has 4 nitrogen and oxygen atoms in total. The van der Waals surface area contributed by atoms with E-state index < -0.39 is 0 Å². The second kappa shape index (κ2) is 6.06. The van der Waals surface area contributed by atoms with Crippen molar-refractivity contribution in [3.05, 3.63) is 53.1 Å². The summed E-state index contributed by atoms with van der Waals surface area (Å²) in [6, 6.07) is 12.9. The molecule has 1 aliphatic heterocycles. The minimum Gasteiger partial charge on any atom is -0.486 e. The van der Waals surface area contributed by atoms with Crippen LogP contribution in [-0.4, -0.2) is 19.1 Å². The fourth-order valence-electron chi connectivity index (χ4n) is 2.18. The van der Waals surface area contributed by atoms with Crippen molar-refractivity contribution < 1.29 is 14.3 Å². The lowest BCUT2D eigenvalue weighted by Crippen LogP contribution is -2.17. The Morgan fingerprint density at radius 1 is 1.14 bits per heavy atom. The summed E-state index contributed by atoms with van der Waals surface area (Å²) >= 11 is 6.15. The first kappa shape index (κ1) is 13.8. The van der Waals surface area contributed by atoms with Crippen molar-refractivity contribution in [2.45, 2.75) is 6.42 Å². The zero-order chi connectivity index (χ0) is 14.7. The van der Waals surface area contributed by atoms with Gasteiger partial charge in [-0.15, -0.1) is 0 Å². The minimum absolute atomic E-state index is 0.103. The van der Waals surface area contributed by atoms with Crippen molar-refractivity contribution in [1.82, 2.24) is 0 Å².